The second-order valence-electron chi connectivity index (χ2n) is 9.06. The van der Waals surface area contributed by atoms with Gasteiger partial charge in [0, 0.05) is 29.6 Å². The molecule has 4 N–H and O–H groups in total. The lowest BCUT2D eigenvalue weighted by Crippen LogP contribution is -2.34. The molecule has 0 spiro atoms. The van der Waals surface area contributed by atoms with E-state index in [1.165, 1.54) is 17.8 Å². The van der Waals surface area contributed by atoms with Crippen molar-refractivity contribution < 1.29 is 38.8 Å². The monoisotopic (exact) mass is 581 g/mol. The van der Waals surface area contributed by atoms with E-state index < -0.39 is 24.3 Å². The Morgan fingerprint density at radius 1 is 1.07 bits per heavy atom. The normalized spacial score (nSPS) is 18.3. The summed E-state index contributed by atoms with van der Waals surface area (Å²) in [6, 6.07) is 17.0. The summed E-state index contributed by atoms with van der Waals surface area (Å²) in [4.78, 5) is 39.7. The molecule has 0 bridgehead atoms. The number of urea groups is 1. The number of carbonyl (C=O) groups is 3. The molecule has 216 valence electrons. The summed E-state index contributed by atoms with van der Waals surface area (Å²) in [5.74, 6) is -1.16. The van der Waals surface area contributed by atoms with Gasteiger partial charge in [0.15, 0.2) is 6.29 Å². The van der Waals surface area contributed by atoms with Crippen LogP contribution in [0.3, 0.4) is 0 Å². The van der Waals surface area contributed by atoms with Crippen LogP contribution in [0.1, 0.15) is 52.8 Å². The van der Waals surface area contributed by atoms with E-state index in [0.29, 0.717) is 28.5 Å². The highest BCUT2D eigenvalue weighted by atomic mass is 32.2. The molecule has 2 aromatic carbocycles. The number of aliphatic hydroxyl groups excluding tert-OH is 1. The fourth-order valence-corrected chi connectivity index (χ4v) is 5.17. The molecular weight excluding hydrogens is 550 g/mol. The average Bonchev–Trinajstić information content (AvgIpc) is 2.99. The molecule has 3 atom stereocenters. The van der Waals surface area contributed by atoms with Crippen LogP contribution < -0.4 is 10.6 Å². The average molecular weight is 582 g/mol. The molecule has 1 saturated heterocycles. The second kappa shape index (κ2) is 14.6. The molecular formula is C29H31N3O8S. The van der Waals surface area contributed by atoms with Gasteiger partial charge in [0.05, 0.1) is 31.0 Å². The standard InChI is InChI=1S/C29H31N3O8S/c1-2-38-25(34)15-31-29(37)32-21-6-3-5-20(13-21)28-39-22(17-41-26-23(27(35)36)7-4-12-30-26)14-24(40-28)19-10-8-18(16-33)9-11-19/h3-13,22,24,28,33H,2,14-17H2,1H3,(H,35,36)(H2,31,32,37). The van der Waals surface area contributed by atoms with Gasteiger partial charge in [-0.1, -0.05) is 36.4 Å². The smallest absolute Gasteiger partial charge is 0.338 e. The van der Waals surface area contributed by atoms with Gasteiger partial charge in [-0.2, -0.15) is 0 Å². The highest BCUT2D eigenvalue weighted by molar-refractivity contribution is 7.99. The van der Waals surface area contributed by atoms with Crippen LogP contribution in [-0.4, -0.2) is 58.2 Å². The number of amides is 2. The molecule has 3 aromatic rings. The van der Waals surface area contributed by atoms with Gasteiger partial charge in [-0.3, -0.25) is 4.79 Å². The first kappa shape index (κ1) is 30.0. The third kappa shape index (κ3) is 8.51. The summed E-state index contributed by atoms with van der Waals surface area (Å²) < 4.78 is 17.5. The van der Waals surface area contributed by atoms with Crippen LogP contribution in [0, 0.1) is 0 Å². The number of carboxylic acid groups (broad SMARTS) is 1. The van der Waals surface area contributed by atoms with E-state index in [1.54, 1.807) is 37.4 Å². The number of hydrogen-bond acceptors (Lipinski definition) is 9. The maximum atomic E-state index is 12.3. The number of carbonyl (C=O) groups excluding carboxylic acids is 2. The summed E-state index contributed by atoms with van der Waals surface area (Å²) in [6.07, 6.45) is 0.596. The maximum Gasteiger partial charge on any atom is 0.338 e. The van der Waals surface area contributed by atoms with Gasteiger partial charge < -0.3 is 35.1 Å². The summed E-state index contributed by atoms with van der Waals surface area (Å²) in [7, 11) is 0. The number of aliphatic hydroxyl groups is 1. The zero-order chi connectivity index (χ0) is 29.2. The van der Waals surface area contributed by atoms with E-state index in [9.17, 15) is 24.6 Å². The largest absolute Gasteiger partial charge is 0.478 e. The number of carboxylic acids is 1. The number of pyridine rings is 1. The number of esters is 1. The van der Waals surface area contributed by atoms with Crippen molar-refractivity contribution in [1.82, 2.24) is 10.3 Å². The molecule has 11 nitrogen and oxygen atoms in total. The quantitative estimate of drug-likeness (QED) is 0.190. The van der Waals surface area contributed by atoms with Gasteiger partial charge in [0.25, 0.3) is 0 Å². The minimum atomic E-state index is -1.05. The third-order valence-electron chi connectivity index (χ3n) is 6.14. The Kier molecular flexibility index (Phi) is 10.7. The van der Waals surface area contributed by atoms with Crippen molar-refractivity contribution in [3.05, 3.63) is 89.1 Å². The number of hydrogen-bond donors (Lipinski definition) is 4. The number of nitrogens with zero attached hydrogens (tertiary/aromatic N) is 1. The lowest BCUT2D eigenvalue weighted by atomic mass is 10.0. The molecule has 0 aliphatic carbocycles. The highest BCUT2D eigenvalue weighted by Gasteiger charge is 2.33. The number of nitrogens with one attached hydrogen (secondary N) is 2. The molecule has 1 aliphatic rings. The van der Waals surface area contributed by atoms with E-state index in [0.717, 1.165) is 11.1 Å². The summed E-state index contributed by atoms with van der Waals surface area (Å²) >= 11 is 1.30. The molecule has 1 fully saturated rings. The number of rotatable bonds is 11. The van der Waals surface area contributed by atoms with Crippen LogP contribution in [0.4, 0.5) is 10.5 Å². The summed E-state index contributed by atoms with van der Waals surface area (Å²) in [5, 5.41) is 24.5. The fraction of sp³-hybridized carbons (Fsp3) is 0.310. The van der Waals surface area contributed by atoms with E-state index in [2.05, 4.69) is 15.6 Å². The Morgan fingerprint density at radius 3 is 2.61 bits per heavy atom. The van der Waals surface area contributed by atoms with Gasteiger partial charge in [-0.05, 0) is 42.3 Å². The highest BCUT2D eigenvalue weighted by Crippen LogP contribution is 2.40. The van der Waals surface area contributed by atoms with Crippen molar-refractivity contribution in [1.29, 1.82) is 0 Å². The Balaban J connectivity index is 1.50. The maximum absolute atomic E-state index is 12.3. The topological polar surface area (TPSA) is 156 Å². The van der Waals surface area contributed by atoms with Gasteiger partial charge in [-0.15, -0.1) is 11.8 Å². The number of aromatic carboxylic acids is 1. The molecule has 4 rings (SSSR count). The Labute approximate surface area is 241 Å². The molecule has 2 heterocycles. The Morgan fingerprint density at radius 2 is 1.88 bits per heavy atom. The molecule has 1 aliphatic heterocycles. The van der Waals surface area contributed by atoms with Gasteiger partial charge in [0.1, 0.15) is 11.6 Å². The zero-order valence-electron chi connectivity index (χ0n) is 22.3. The molecule has 3 unspecified atom stereocenters. The fourth-order valence-electron chi connectivity index (χ4n) is 4.17. The number of anilines is 1. The van der Waals surface area contributed by atoms with Crippen LogP contribution in [0.25, 0.3) is 0 Å². The van der Waals surface area contributed by atoms with Crippen molar-refractivity contribution in [2.24, 2.45) is 0 Å². The molecule has 1 aromatic heterocycles. The van der Waals surface area contributed by atoms with E-state index in [1.807, 2.05) is 30.3 Å². The first-order valence-corrected chi connectivity index (χ1v) is 14.0. The van der Waals surface area contributed by atoms with Crippen LogP contribution in [-0.2, 0) is 25.6 Å². The lowest BCUT2D eigenvalue weighted by molar-refractivity contribution is -0.245. The molecule has 41 heavy (non-hydrogen) atoms. The van der Waals surface area contributed by atoms with Crippen LogP contribution in [0.2, 0.25) is 0 Å². The predicted octanol–water partition coefficient (Wildman–Crippen LogP) is 4.29. The zero-order valence-corrected chi connectivity index (χ0v) is 23.1. The van der Waals surface area contributed by atoms with E-state index >= 15 is 0 Å². The van der Waals surface area contributed by atoms with Crippen LogP contribution in [0.15, 0.2) is 71.9 Å². The molecule has 2 amide bonds. The first-order chi connectivity index (χ1) is 19.9. The molecule has 0 saturated carbocycles. The van der Waals surface area contributed by atoms with Crippen molar-refractivity contribution >= 4 is 35.4 Å². The van der Waals surface area contributed by atoms with E-state index in [-0.39, 0.29) is 37.5 Å². The van der Waals surface area contributed by atoms with Crippen molar-refractivity contribution in [3.63, 3.8) is 0 Å². The second-order valence-corrected chi connectivity index (χ2v) is 10.1. The number of benzene rings is 2. The van der Waals surface area contributed by atoms with Crippen LogP contribution in [0.5, 0.6) is 0 Å². The van der Waals surface area contributed by atoms with Gasteiger partial charge in [-0.25, -0.2) is 14.6 Å². The van der Waals surface area contributed by atoms with Crippen molar-refractivity contribution in [2.45, 2.75) is 43.5 Å². The first-order valence-electron chi connectivity index (χ1n) is 13.0. The van der Waals surface area contributed by atoms with Crippen molar-refractivity contribution in [2.75, 3.05) is 24.2 Å². The lowest BCUT2D eigenvalue weighted by Gasteiger charge is -2.36. The number of aromatic nitrogens is 1. The van der Waals surface area contributed by atoms with E-state index in [4.69, 9.17) is 14.2 Å². The Hall–Kier alpha value is -3.97. The number of thioether (sulfide) groups is 1. The SMILES string of the molecule is CCOC(=O)CNC(=O)Nc1cccc(C2OC(CSc3ncccc3C(=O)O)CC(c3ccc(CO)cc3)O2)c1. The van der Waals surface area contributed by atoms with Crippen molar-refractivity contribution in [3.8, 4) is 0 Å². The molecule has 0 radical (unpaired) electrons. The van der Waals surface area contributed by atoms with Gasteiger partial charge in [0.2, 0.25) is 0 Å². The predicted molar refractivity (Wildman–Crippen MR) is 150 cm³/mol. The van der Waals surface area contributed by atoms with Gasteiger partial charge >= 0.3 is 18.0 Å². The Bertz CT molecular complexity index is 1350. The summed E-state index contributed by atoms with van der Waals surface area (Å²) in [6.45, 7) is 1.58. The summed E-state index contributed by atoms with van der Waals surface area (Å²) in [5.41, 5.74) is 2.93. The van der Waals surface area contributed by atoms with Crippen LogP contribution >= 0.6 is 11.8 Å². The number of ether oxygens (including phenoxy) is 3. The third-order valence-corrected chi connectivity index (χ3v) is 7.27. The molecule has 12 heteroatoms. The minimum Gasteiger partial charge on any atom is -0.478 e. The minimum absolute atomic E-state index is 0.0695.